The van der Waals surface area contributed by atoms with Gasteiger partial charge in [0.25, 0.3) is 0 Å². The van der Waals surface area contributed by atoms with Crippen LogP contribution in [0.25, 0.3) is 27.4 Å². The van der Waals surface area contributed by atoms with Crippen molar-refractivity contribution in [3.8, 4) is 17.3 Å². The van der Waals surface area contributed by atoms with Gasteiger partial charge in [0.05, 0.1) is 10.4 Å². The van der Waals surface area contributed by atoms with Gasteiger partial charge in [-0.3, -0.25) is 0 Å². The van der Waals surface area contributed by atoms with E-state index in [0.29, 0.717) is 28.1 Å². The number of nitrogens with zero attached hydrogens (tertiary/aromatic N) is 4. The highest BCUT2D eigenvalue weighted by Crippen LogP contribution is 2.33. The van der Waals surface area contributed by atoms with Crippen molar-refractivity contribution in [2.45, 2.75) is 26.9 Å². The topological polar surface area (TPSA) is 65.5 Å². The quantitative estimate of drug-likeness (QED) is 0.362. The third-order valence-corrected chi connectivity index (χ3v) is 6.14. The van der Waals surface area contributed by atoms with Crippen molar-refractivity contribution in [2.75, 3.05) is 0 Å². The van der Waals surface area contributed by atoms with E-state index < -0.39 is 0 Å². The number of hydrogen-bond donors (Lipinski definition) is 0. The number of aryl methyl sites for hydroxylation is 2. The molecule has 0 bridgehead atoms. The molecule has 0 aliphatic rings. The van der Waals surface area contributed by atoms with Gasteiger partial charge < -0.3 is 9.15 Å². The first-order valence-corrected chi connectivity index (χ1v) is 10.4. The lowest BCUT2D eigenvalue weighted by Gasteiger charge is -2.05. The number of hydrogen-bond acceptors (Lipinski definition) is 6. The van der Waals surface area contributed by atoms with Crippen molar-refractivity contribution in [1.29, 1.82) is 0 Å². The summed E-state index contributed by atoms with van der Waals surface area (Å²) in [4.78, 5) is 11.5. The Labute approximate surface area is 175 Å². The van der Waals surface area contributed by atoms with Crippen LogP contribution >= 0.6 is 22.9 Å². The molecule has 0 radical (unpaired) electrons. The Balaban J connectivity index is 1.47. The van der Waals surface area contributed by atoms with Crippen molar-refractivity contribution in [3.05, 3.63) is 63.9 Å². The van der Waals surface area contributed by atoms with Crippen LogP contribution in [0.5, 0.6) is 5.75 Å². The Kier molecular flexibility index (Phi) is 4.49. The summed E-state index contributed by atoms with van der Waals surface area (Å²) in [6.07, 6.45) is 2.63. The second kappa shape index (κ2) is 7.17. The molecule has 4 heterocycles. The Morgan fingerprint density at radius 1 is 1.21 bits per heavy atom. The van der Waals surface area contributed by atoms with Crippen LogP contribution in [-0.2, 0) is 13.0 Å². The molecule has 1 aromatic carbocycles. The molecular formula is C21H17ClN4O2S. The van der Waals surface area contributed by atoms with Crippen LogP contribution < -0.4 is 4.74 Å². The average molecular weight is 425 g/mol. The third-order valence-electron chi connectivity index (χ3n) is 4.77. The highest BCUT2D eigenvalue weighted by molar-refractivity contribution is 7.18. The molecule has 0 amide bonds. The van der Waals surface area contributed by atoms with Crippen LogP contribution in [0.1, 0.15) is 23.1 Å². The minimum Gasteiger partial charge on any atom is -0.484 e. The Morgan fingerprint density at radius 3 is 2.90 bits per heavy atom. The van der Waals surface area contributed by atoms with Crippen LogP contribution in [-0.4, -0.2) is 19.6 Å². The second-order valence-corrected chi connectivity index (χ2v) is 8.21. The van der Waals surface area contributed by atoms with E-state index in [-0.39, 0.29) is 6.61 Å². The summed E-state index contributed by atoms with van der Waals surface area (Å²) >= 11 is 7.82. The standard InChI is InChI=1S/C21H17ClN4O2S/c1-3-14-12(2)29-21-18(14)20-24-19(25-26(20)11-23-21)17-9-8-13(28-17)10-27-16-7-5-4-6-15(16)22/h4-9,11H,3,10H2,1-2H3. The molecule has 0 saturated heterocycles. The predicted molar refractivity (Wildman–Crippen MR) is 114 cm³/mol. The molecule has 4 aromatic heterocycles. The summed E-state index contributed by atoms with van der Waals surface area (Å²) in [6, 6.07) is 11.1. The van der Waals surface area contributed by atoms with E-state index in [1.54, 1.807) is 28.2 Å². The van der Waals surface area contributed by atoms with Gasteiger partial charge in [-0.1, -0.05) is 30.7 Å². The molecule has 0 aliphatic carbocycles. The third kappa shape index (κ3) is 3.16. The summed E-state index contributed by atoms with van der Waals surface area (Å²) in [5, 5.41) is 6.20. The van der Waals surface area contributed by atoms with Gasteiger partial charge in [-0.2, -0.15) is 0 Å². The summed E-state index contributed by atoms with van der Waals surface area (Å²) in [5.74, 6) is 2.40. The fourth-order valence-electron chi connectivity index (χ4n) is 3.38. The molecule has 6 nitrogen and oxygen atoms in total. The van der Waals surface area contributed by atoms with Crippen molar-refractivity contribution in [2.24, 2.45) is 0 Å². The zero-order valence-corrected chi connectivity index (χ0v) is 17.4. The molecule has 146 valence electrons. The first kappa shape index (κ1) is 18.1. The highest BCUT2D eigenvalue weighted by atomic mass is 35.5. The fourth-order valence-corrected chi connectivity index (χ4v) is 4.65. The molecule has 8 heteroatoms. The molecule has 0 atom stereocenters. The van der Waals surface area contributed by atoms with Crippen LogP contribution in [0, 0.1) is 6.92 Å². The zero-order valence-electron chi connectivity index (χ0n) is 15.8. The summed E-state index contributed by atoms with van der Waals surface area (Å²) < 4.78 is 13.4. The summed E-state index contributed by atoms with van der Waals surface area (Å²) in [6.45, 7) is 4.54. The van der Waals surface area contributed by atoms with Gasteiger partial charge in [0.2, 0.25) is 5.82 Å². The number of benzene rings is 1. The summed E-state index contributed by atoms with van der Waals surface area (Å²) in [7, 11) is 0. The normalized spacial score (nSPS) is 11.6. The zero-order chi connectivity index (χ0) is 20.0. The van der Waals surface area contributed by atoms with E-state index in [0.717, 1.165) is 22.3 Å². The first-order chi connectivity index (χ1) is 14.1. The molecule has 0 saturated carbocycles. The van der Waals surface area contributed by atoms with Crippen LogP contribution in [0.15, 0.2) is 47.1 Å². The number of halogens is 1. The van der Waals surface area contributed by atoms with Gasteiger partial charge in [0.15, 0.2) is 11.4 Å². The molecule has 5 aromatic rings. The SMILES string of the molecule is CCc1c(C)sc2ncn3nc(-c4ccc(COc5ccccc5Cl)o4)nc3c12. The lowest BCUT2D eigenvalue weighted by atomic mass is 10.1. The number of ether oxygens (including phenoxy) is 1. The minimum atomic E-state index is 0.270. The van der Waals surface area contributed by atoms with E-state index in [1.165, 1.54) is 10.4 Å². The van der Waals surface area contributed by atoms with Gasteiger partial charge in [-0.25, -0.2) is 14.5 Å². The minimum absolute atomic E-state index is 0.270. The maximum atomic E-state index is 6.13. The maximum Gasteiger partial charge on any atom is 0.217 e. The largest absolute Gasteiger partial charge is 0.484 e. The van der Waals surface area contributed by atoms with Gasteiger partial charge >= 0.3 is 0 Å². The Hall–Kier alpha value is -2.90. The fraction of sp³-hybridized carbons (Fsp3) is 0.190. The number of fused-ring (bicyclic) bond motifs is 3. The van der Waals surface area contributed by atoms with E-state index in [2.05, 4.69) is 23.9 Å². The molecule has 0 N–H and O–H groups in total. The second-order valence-electron chi connectivity index (χ2n) is 6.60. The molecule has 5 rings (SSSR count). The number of furan rings is 1. The lowest BCUT2D eigenvalue weighted by Crippen LogP contribution is -1.94. The van der Waals surface area contributed by atoms with Crippen molar-refractivity contribution >= 4 is 38.8 Å². The Bertz CT molecular complexity index is 1340. The number of rotatable bonds is 5. The van der Waals surface area contributed by atoms with E-state index in [1.807, 2.05) is 30.3 Å². The lowest BCUT2D eigenvalue weighted by molar-refractivity contribution is 0.272. The molecule has 0 spiro atoms. The van der Waals surface area contributed by atoms with E-state index in [9.17, 15) is 0 Å². The number of para-hydroxylation sites is 1. The molecule has 0 aliphatic heterocycles. The predicted octanol–water partition coefficient (Wildman–Crippen LogP) is 5.70. The average Bonchev–Trinajstić information content (AvgIpc) is 3.42. The first-order valence-electron chi connectivity index (χ1n) is 9.23. The van der Waals surface area contributed by atoms with Gasteiger partial charge in [-0.05, 0) is 43.2 Å². The van der Waals surface area contributed by atoms with Crippen LogP contribution in [0.4, 0.5) is 0 Å². The monoisotopic (exact) mass is 424 g/mol. The molecule has 0 fully saturated rings. The molecule has 0 unspecified atom stereocenters. The Morgan fingerprint density at radius 2 is 2.07 bits per heavy atom. The summed E-state index contributed by atoms with van der Waals surface area (Å²) in [5.41, 5.74) is 2.08. The highest BCUT2D eigenvalue weighted by Gasteiger charge is 2.18. The van der Waals surface area contributed by atoms with Gasteiger partial charge in [0, 0.05) is 4.88 Å². The van der Waals surface area contributed by atoms with Crippen molar-refractivity contribution in [1.82, 2.24) is 19.6 Å². The molecular weight excluding hydrogens is 408 g/mol. The van der Waals surface area contributed by atoms with Gasteiger partial charge in [0.1, 0.15) is 29.3 Å². The molecule has 29 heavy (non-hydrogen) atoms. The number of thiophene rings is 1. The van der Waals surface area contributed by atoms with Crippen LogP contribution in [0.2, 0.25) is 5.02 Å². The van der Waals surface area contributed by atoms with Gasteiger partial charge in [-0.15, -0.1) is 16.4 Å². The van der Waals surface area contributed by atoms with Crippen molar-refractivity contribution in [3.63, 3.8) is 0 Å². The maximum absolute atomic E-state index is 6.13. The van der Waals surface area contributed by atoms with E-state index >= 15 is 0 Å². The smallest absolute Gasteiger partial charge is 0.217 e. The van der Waals surface area contributed by atoms with E-state index in [4.69, 9.17) is 25.7 Å². The number of aromatic nitrogens is 4. The van der Waals surface area contributed by atoms with Crippen LogP contribution in [0.3, 0.4) is 0 Å². The van der Waals surface area contributed by atoms with Crippen molar-refractivity contribution < 1.29 is 9.15 Å².